The average molecular weight is 483 g/mol. The highest BCUT2D eigenvalue weighted by Gasteiger charge is 2.22. The number of aryl methyl sites for hydroxylation is 1. The van der Waals surface area contributed by atoms with E-state index in [1.165, 1.54) is 24.9 Å². The molecule has 1 atom stereocenters. The third kappa shape index (κ3) is 5.93. The van der Waals surface area contributed by atoms with Crippen molar-refractivity contribution in [3.05, 3.63) is 41.8 Å². The zero-order chi connectivity index (χ0) is 18.4. The largest absolute Gasteiger partial charge is 0.444 e. The molecule has 6 nitrogen and oxygen atoms in total. The lowest BCUT2D eigenvalue weighted by atomic mass is 10.1. The summed E-state index contributed by atoms with van der Waals surface area (Å²) >= 11 is 0. The van der Waals surface area contributed by atoms with Crippen LogP contribution in [0.1, 0.15) is 31.0 Å². The number of nitrogens with zero attached hydrogens (tertiary/aromatic N) is 3. The van der Waals surface area contributed by atoms with Gasteiger partial charge in [-0.05, 0) is 45.0 Å². The lowest BCUT2D eigenvalue weighted by Gasteiger charge is -2.23. The Balaban J connectivity index is 0.00000261. The summed E-state index contributed by atoms with van der Waals surface area (Å²) in [4.78, 5) is 11.4. The fraction of sp³-hybridized carbons (Fsp3) is 0.500. The van der Waals surface area contributed by atoms with Crippen molar-refractivity contribution in [1.82, 2.24) is 20.5 Å². The van der Waals surface area contributed by atoms with E-state index in [2.05, 4.69) is 51.5 Å². The van der Waals surface area contributed by atoms with Gasteiger partial charge in [0.05, 0.1) is 12.2 Å². The Morgan fingerprint density at radius 1 is 1.30 bits per heavy atom. The first-order valence-corrected chi connectivity index (χ1v) is 9.39. The molecule has 1 aliphatic heterocycles. The molecule has 1 aromatic carbocycles. The molecule has 0 bridgehead atoms. The Morgan fingerprint density at radius 2 is 2.07 bits per heavy atom. The lowest BCUT2D eigenvalue weighted by molar-refractivity contribution is 0.267. The van der Waals surface area contributed by atoms with Gasteiger partial charge in [0.2, 0.25) is 5.89 Å². The first-order chi connectivity index (χ1) is 12.7. The molecule has 0 spiro atoms. The van der Waals surface area contributed by atoms with Gasteiger partial charge in [-0.15, -0.1) is 24.0 Å². The molecule has 1 unspecified atom stereocenters. The molecule has 0 amide bonds. The van der Waals surface area contributed by atoms with Crippen LogP contribution in [-0.4, -0.2) is 48.6 Å². The average Bonchev–Trinajstić information content (AvgIpc) is 3.31. The number of likely N-dealkylation sites (tertiary alicyclic amines) is 1. The predicted octanol–water partition coefficient (Wildman–Crippen LogP) is 3.42. The second-order valence-corrected chi connectivity index (χ2v) is 6.74. The normalized spacial score (nSPS) is 17.6. The maximum absolute atomic E-state index is 5.61. The highest BCUT2D eigenvalue weighted by molar-refractivity contribution is 14.0. The van der Waals surface area contributed by atoms with Gasteiger partial charge in [0.15, 0.2) is 5.96 Å². The molecular formula is C20H30IN5O. The van der Waals surface area contributed by atoms with Crippen LogP contribution < -0.4 is 10.6 Å². The predicted molar refractivity (Wildman–Crippen MR) is 121 cm³/mol. The van der Waals surface area contributed by atoms with Gasteiger partial charge in [0, 0.05) is 25.2 Å². The molecule has 2 aromatic rings. The van der Waals surface area contributed by atoms with Crippen LogP contribution in [0.3, 0.4) is 0 Å². The van der Waals surface area contributed by atoms with Crippen LogP contribution in [0.25, 0.3) is 11.5 Å². The van der Waals surface area contributed by atoms with Crippen molar-refractivity contribution in [2.24, 2.45) is 4.99 Å². The zero-order valence-corrected chi connectivity index (χ0v) is 18.7. The number of aromatic nitrogens is 1. The van der Waals surface area contributed by atoms with E-state index < -0.39 is 0 Å². The van der Waals surface area contributed by atoms with E-state index in [0.717, 1.165) is 30.3 Å². The smallest absolute Gasteiger partial charge is 0.226 e. The number of oxazole rings is 1. The van der Waals surface area contributed by atoms with Crippen molar-refractivity contribution < 1.29 is 4.42 Å². The molecule has 1 aromatic heterocycles. The van der Waals surface area contributed by atoms with Crippen LogP contribution >= 0.6 is 24.0 Å². The summed E-state index contributed by atoms with van der Waals surface area (Å²) in [7, 11) is 1.79. The van der Waals surface area contributed by atoms with Crippen LogP contribution in [0, 0.1) is 6.92 Å². The molecule has 3 rings (SSSR count). The fourth-order valence-electron chi connectivity index (χ4n) is 3.37. The molecule has 1 aliphatic rings. The topological polar surface area (TPSA) is 65.7 Å². The fourth-order valence-corrected chi connectivity index (χ4v) is 3.37. The first-order valence-electron chi connectivity index (χ1n) is 9.39. The number of hydrogen-bond acceptors (Lipinski definition) is 4. The molecule has 0 radical (unpaired) electrons. The van der Waals surface area contributed by atoms with Crippen LogP contribution in [0.2, 0.25) is 0 Å². The molecule has 1 saturated heterocycles. The minimum Gasteiger partial charge on any atom is -0.444 e. The number of aliphatic imine (C=N–C) groups is 1. The number of hydrogen-bond donors (Lipinski definition) is 2. The van der Waals surface area contributed by atoms with Gasteiger partial charge < -0.3 is 15.1 Å². The van der Waals surface area contributed by atoms with E-state index in [4.69, 9.17) is 4.42 Å². The molecule has 0 aliphatic carbocycles. The summed E-state index contributed by atoms with van der Waals surface area (Å²) in [6.07, 6.45) is 4.24. The molecule has 27 heavy (non-hydrogen) atoms. The van der Waals surface area contributed by atoms with E-state index in [1.807, 2.05) is 12.1 Å². The number of nitrogens with one attached hydrogen (secondary N) is 2. The maximum atomic E-state index is 5.61. The van der Waals surface area contributed by atoms with Crippen molar-refractivity contribution in [3.8, 4) is 11.5 Å². The van der Waals surface area contributed by atoms with E-state index >= 15 is 0 Å². The first kappa shape index (κ1) is 21.7. The Morgan fingerprint density at radius 3 is 2.78 bits per heavy atom. The summed E-state index contributed by atoms with van der Waals surface area (Å²) in [6, 6.07) is 8.77. The maximum Gasteiger partial charge on any atom is 0.226 e. The highest BCUT2D eigenvalue weighted by Crippen LogP contribution is 2.19. The zero-order valence-electron chi connectivity index (χ0n) is 16.4. The minimum absolute atomic E-state index is 0. The minimum atomic E-state index is 0. The Kier molecular flexibility index (Phi) is 8.56. The van der Waals surface area contributed by atoms with Crippen molar-refractivity contribution in [2.45, 2.75) is 39.3 Å². The number of benzene rings is 1. The summed E-state index contributed by atoms with van der Waals surface area (Å²) in [5, 5.41) is 6.74. The quantitative estimate of drug-likeness (QED) is 0.375. The second-order valence-electron chi connectivity index (χ2n) is 6.74. The van der Waals surface area contributed by atoms with Crippen molar-refractivity contribution in [3.63, 3.8) is 0 Å². The molecule has 1 fully saturated rings. The van der Waals surface area contributed by atoms with Crippen LogP contribution in [0.4, 0.5) is 0 Å². The van der Waals surface area contributed by atoms with Gasteiger partial charge in [-0.1, -0.05) is 24.6 Å². The molecule has 148 valence electrons. The highest BCUT2D eigenvalue weighted by atomic mass is 127. The third-order valence-electron chi connectivity index (χ3n) is 4.92. The molecule has 2 N–H and O–H groups in total. The number of halogens is 1. The summed E-state index contributed by atoms with van der Waals surface area (Å²) in [6.45, 7) is 8.10. The van der Waals surface area contributed by atoms with Gasteiger partial charge in [-0.25, -0.2) is 4.98 Å². The van der Waals surface area contributed by atoms with Gasteiger partial charge >= 0.3 is 0 Å². The standard InChI is InChI=1S/C20H29N5O.HI/c1-4-25-11-5-6-18(25)13-23-20(21-3)22-12-17-14-26-19(24-17)16-9-7-15(2)8-10-16;/h7-10,14,18H,4-6,11-13H2,1-3H3,(H2,21,22,23);1H. The molecular weight excluding hydrogens is 453 g/mol. The van der Waals surface area contributed by atoms with Gasteiger partial charge in [-0.3, -0.25) is 9.89 Å². The van der Waals surface area contributed by atoms with Crippen molar-refractivity contribution in [2.75, 3.05) is 26.7 Å². The summed E-state index contributed by atoms with van der Waals surface area (Å²) in [5.74, 6) is 1.45. The summed E-state index contributed by atoms with van der Waals surface area (Å²) in [5.41, 5.74) is 3.07. The number of guanidine groups is 1. The molecule has 7 heteroatoms. The Hall–Kier alpha value is -1.61. The SMILES string of the molecule is CCN1CCCC1CNC(=NC)NCc1coc(-c2ccc(C)cc2)n1.I. The van der Waals surface area contributed by atoms with E-state index in [9.17, 15) is 0 Å². The summed E-state index contributed by atoms with van der Waals surface area (Å²) < 4.78 is 5.61. The molecule has 2 heterocycles. The van der Waals surface area contributed by atoms with E-state index in [0.29, 0.717) is 18.5 Å². The second kappa shape index (κ2) is 10.7. The van der Waals surface area contributed by atoms with Crippen molar-refractivity contribution in [1.29, 1.82) is 0 Å². The third-order valence-corrected chi connectivity index (χ3v) is 4.92. The Bertz CT molecular complexity index is 728. The van der Waals surface area contributed by atoms with Crippen LogP contribution in [0.5, 0.6) is 0 Å². The van der Waals surface area contributed by atoms with Gasteiger partial charge in [0.1, 0.15) is 6.26 Å². The van der Waals surface area contributed by atoms with Crippen LogP contribution in [-0.2, 0) is 6.54 Å². The van der Waals surface area contributed by atoms with Crippen molar-refractivity contribution >= 4 is 29.9 Å². The monoisotopic (exact) mass is 483 g/mol. The van der Waals surface area contributed by atoms with Crippen LogP contribution in [0.15, 0.2) is 39.9 Å². The van der Waals surface area contributed by atoms with Gasteiger partial charge in [0.25, 0.3) is 0 Å². The molecule has 0 saturated carbocycles. The van der Waals surface area contributed by atoms with E-state index in [-0.39, 0.29) is 24.0 Å². The lowest BCUT2D eigenvalue weighted by Crippen LogP contribution is -2.44. The van der Waals surface area contributed by atoms with Gasteiger partial charge in [-0.2, -0.15) is 0 Å². The number of likely N-dealkylation sites (N-methyl/N-ethyl adjacent to an activating group) is 1. The Labute approximate surface area is 178 Å². The number of rotatable bonds is 6. The van der Waals surface area contributed by atoms with E-state index in [1.54, 1.807) is 13.3 Å².